The smallest absolute Gasteiger partial charge is 0.320 e. The zero-order chi connectivity index (χ0) is 28.9. The highest BCUT2D eigenvalue weighted by atomic mass is 32.2. The van der Waals surface area contributed by atoms with Crippen molar-refractivity contribution in [3.63, 3.8) is 0 Å². The molecule has 10 nitrogen and oxygen atoms in total. The summed E-state index contributed by atoms with van der Waals surface area (Å²) in [5.41, 5.74) is 14.3. The minimum atomic E-state index is -3.41. The summed E-state index contributed by atoms with van der Waals surface area (Å²) in [7, 11) is -3.41. The van der Waals surface area contributed by atoms with Gasteiger partial charge in [0, 0.05) is 24.5 Å². The molecule has 2 saturated carbocycles. The first-order chi connectivity index (χ1) is 19.0. The zero-order valence-corrected chi connectivity index (χ0v) is 24.3. The van der Waals surface area contributed by atoms with Gasteiger partial charge in [-0.15, -0.1) is 0 Å². The van der Waals surface area contributed by atoms with Gasteiger partial charge in [-0.2, -0.15) is 5.11 Å². The molecule has 0 aliphatic heterocycles. The minimum Gasteiger partial charge on any atom is -0.320 e. The number of nitrogens with two attached hydrogens (primary N) is 1. The molecular weight excluding hydrogens is 528 g/mol. The number of sulfone groups is 1. The maximum atomic E-state index is 13.7. The third kappa shape index (κ3) is 7.37. The highest BCUT2D eigenvalue weighted by Gasteiger charge is 2.39. The van der Waals surface area contributed by atoms with Crippen molar-refractivity contribution in [3.05, 3.63) is 48.1 Å². The number of urea groups is 1. The van der Waals surface area contributed by atoms with Crippen LogP contribution in [-0.2, 0) is 14.6 Å². The van der Waals surface area contributed by atoms with E-state index >= 15 is 0 Å². The van der Waals surface area contributed by atoms with E-state index in [1.165, 1.54) is 44.2 Å². The molecule has 1 aromatic rings. The van der Waals surface area contributed by atoms with Crippen LogP contribution in [0.25, 0.3) is 0 Å². The summed E-state index contributed by atoms with van der Waals surface area (Å²) < 4.78 is 24.1. The molecule has 4 rings (SSSR count). The van der Waals surface area contributed by atoms with Crippen molar-refractivity contribution in [2.24, 2.45) is 28.1 Å². The molecule has 0 saturated heterocycles. The molecule has 1 aromatic carbocycles. The van der Waals surface area contributed by atoms with E-state index in [0.29, 0.717) is 17.6 Å². The summed E-state index contributed by atoms with van der Waals surface area (Å²) in [5.74, 6) is -0.877. The average Bonchev–Trinajstić information content (AvgIpc) is 2.92. The van der Waals surface area contributed by atoms with E-state index in [9.17, 15) is 18.0 Å². The van der Waals surface area contributed by atoms with E-state index in [0.717, 1.165) is 37.5 Å². The number of hydrogen-bond acceptors (Lipinski definition) is 7. The van der Waals surface area contributed by atoms with Crippen LogP contribution in [-0.4, -0.2) is 50.4 Å². The fraction of sp³-hybridized carbons (Fsp3) is 0.586. The van der Waals surface area contributed by atoms with Gasteiger partial charge in [-0.3, -0.25) is 10.5 Å². The molecule has 0 radical (unpaired) electrons. The van der Waals surface area contributed by atoms with Gasteiger partial charge >= 0.3 is 6.03 Å². The lowest BCUT2D eigenvalue weighted by molar-refractivity contribution is -0.125. The number of amides is 3. The van der Waals surface area contributed by atoms with Crippen LogP contribution in [0.1, 0.15) is 64.7 Å². The summed E-state index contributed by atoms with van der Waals surface area (Å²) in [6.45, 7) is 2.32. The fourth-order valence-electron chi connectivity index (χ4n) is 6.50. The molecule has 0 heterocycles. The van der Waals surface area contributed by atoms with Crippen molar-refractivity contribution >= 4 is 27.5 Å². The van der Waals surface area contributed by atoms with Gasteiger partial charge < -0.3 is 15.5 Å². The van der Waals surface area contributed by atoms with Crippen molar-refractivity contribution in [2.45, 2.75) is 81.9 Å². The number of hydrogen-bond donors (Lipinski definition) is 4. The number of nitrogens with zero attached hydrogens (tertiary/aromatic N) is 2. The average molecular weight is 571 g/mol. The summed E-state index contributed by atoms with van der Waals surface area (Å²) in [6, 6.07) is 6.13. The summed E-state index contributed by atoms with van der Waals surface area (Å²) >= 11 is 0. The molecule has 1 spiro atoms. The molecule has 3 aliphatic carbocycles. The molecule has 2 fully saturated rings. The van der Waals surface area contributed by atoms with Crippen LogP contribution in [0, 0.1) is 22.8 Å². The molecule has 218 valence electrons. The van der Waals surface area contributed by atoms with E-state index in [-0.39, 0.29) is 28.8 Å². The first-order valence-electron chi connectivity index (χ1n) is 14.2. The Balaban J connectivity index is 1.51. The van der Waals surface area contributed by atoms with Crippen LogP contribution in [0.3, 0.4) is 0 Å². The van der Waals surface area contributed by atoms with Crippen molar-refractivity contribution in [1.82, 2.24) is 10.2 Å². The standard InChI is InChI=1S/C29H42N6O4S/c1-20-17-21(9-10-25(20)26(36)33-27(30)34-31)19-35(23-11-15-29(16-12-23)13-4-3-5-14-29)28(37)32-22-7-6-8-24(18-22)40(2,38)39/h6-10,17-18,20,23,25,27,31H,3-5,11-16,19,30H2,1-2H3,(H,32,37)(H,33,36). The minimum absolute atomic E-state index is 0.0629. The molecule has 40 heavy (non-hydrogen) atoms. The molecule has 11 heteroatoms. The highest BCUT2D eigenvalue weighted by Crippen LogP contribution is 2.48. The quantitative estimate of drug-likeness (QED) is 0.257. The van der Waals surface area contributed by atoms with Gasteiger partial charge in [-0.1, -0.05) is 50.5 Å². The zero-order valence-electron chi connectivity index (χ0n) is 23.4. The van der Waals surface area contributed by atoms with E-state index < -0.39 is 22.0 Å². The van der Waals surface area contributed by atoms with Crippen molar-refractivity contribution in [3.8, 4) is 0 Å². The SMILES string of the molecule is CC1C=C(CN(C(=O)Nc2cccc(S(C)(=O)=O)c2)C2CCC3(CCCCC3)CC2)C=CC1C(=O)NC(N)N=N. The van der Waals surface area contributed by atoms with Gasteiger partial charge in [0.2, 0.25) is 5.91 Å². The molecular formula is C29H42N6O4S. The van der Waals surface area contributed by atoms with Gasteiger partial charge in [-0.05, 0) is 73.6 Å². The van der Waals surface area contributed by atoms with Gasteiger partial charge in [-0.25, -0.2) is 18.7 Å². The lowest BCUT2D eigenvalue weighted by Gasteiger charge is -2.45. The second-order valence-corrected chi connectivity index (χ2v) is 13.7. The Hall–Kier alpha value is -3.05. The third-order valence-electron chi connectivity index (χ3n) is 8.79. The third-order valence-corrected chi connectivity index (χ3v) is 9.90. The van der Waals surface area contributed by atoms with Crippen LogP contribution in [0.15, 0.2) is 58.1 Å². The summed E-state index contributed by atoms with van der Waals surface area (Å²) in [4.78, 5) is 28.3. The van der Waals surface area contributed by atoms with Crippen LogP contribution in [0.4, 0.5) is 10.5 Å². The fourth-order valence-corrected chi connectivity index (χ4v) is 7.16. The molecule has 3 unspecified atom stereocenters. The second-order valence-electron chi connectivity index (χ2n) is 11.7. The monoisotopic (exact) mass is 570 g/mol. The largest absolute Gasteiger partial charge is 0.322 e. The van der Waals surface area contributed by atoms with Crippen LogP contribution >= 0.6 is 0 Å². The van der Waals surface area contributed by atoms with E-state index in [4.69, 9.17) is 11.3 Å². The normalized spacial score (nSPS) is 23.6. The van der Waals surface area contributed by atoms with Gasteiger partial charge in [0.15, 0.2) is 16.1 Å². The van der Waals surface area contributed by atoms with Crippen LogP contribution < -0.4 is 16.4 Å². The number of allylic oxidation sites excluding steroid dienone is 1. The topological polar surface area (TPSA) is 158 Å². The molecule has 0 aromatic heterocycles. The summed E-state index contributed by atoms with van der Waals surface area (Å²) in [6.07, 6.45) is 16.3. The Kier molecular flexibility index (Phi) is 9.45. The lowest BCUT2D eigenvalue weighted by atomic mass is 9.64. The van der Waals surface area contributed by atoms with E-state index in [1.807, 2.05) is 30.1 Å². The van der Waals surface area contributed by atoms with E-state index in [2.05, 4.69) is 15.7 Å². The van der Waals surface area contributed by atoms with Gasteiger partial charge in [0.1, 0.15) is 0 Å². The number of carbonyl (C=O) groups excluding carboxylic acids is 2. The van der Waals surface area contributed by atoms with Crippen molar-refractivity contribution < 1.29 is 18.0 Å². The van der Waals surface area contributed by atoms with Crippen molar-refractivity contribution in [2.75, 3.05) is 18.1 Å². The van der Waals surface area contributed by atoms with E-state index in [1.54, 1.807) is 12.1 Å². The molecule has 3 atom stereocenters. The predicted octanol–water partition coefficient (Wildman–Crippen LogP) is 4.96. The Morgan fingerprint density at radius 1 is 1.18 bits per heavy atom. The number of nitrogens with one attached hydrogen (secondary N) is 3. The highest BCUT2D eigenvalue weighted by molar-refractivity contribution is 7.90. The molecule has 0 bridgehead atoms. The Labute approximate surface area is 237 Å². The molecule has 5 N–H and O–H groups in total. The number of anilines is 1. The number of rotatable bonds is 8. The molecule has 3 amide bonds. The number of carbonyl (C=O) groups is 2. The Bertz CT molecular complexity index is 1260. The van der Waals surface area contributed by atoms with Crippen molar-refractivity contribution in [1.29, 1.82) is 5.53 Å². The first kappa shape index (κ1) is 29.9. The maximum absolute atomic E-state index is 13.7. The lowest BCUT2D eigenvalue weighted by Crippen LogP contribution is -2.47. The first-order valence-corrected chi connectivity index (χ1v) is 16.1. The van der Waals surface area contributed by atoms with Crippen LogP contribution in [0.2, 0.25) is 0 Å². The van der Waals surface area contributed by atoms with Gasteiger partial charge in [0.05, 0.1) is 10.8 Å². The number of benzene rings is 1. The Morgan fingerprint density at radius 2 is 1.88 bits per heavy atom. The molecule has 3 aliphatic rings. The summed E-state index contributed by atoms with van der Waals surface area (Å²) in [5, 5.41) is 8.59. The van der Waals surface area contributed by atoms with Crippen LogP contribution in [0.5, 0.6) is 0 Å². The Morgan fingerprint density at radius 3 is 2.50 bits per heavy atom. The maximum Gasteiger partial charge on any atom is 0.322 e. The van der Waals surface area contributed by atoms with Gasteiger partial charge in [0.25, 0.3) is 0 Å². The predicted molar refractivity (Wildman–Crippen MR) is 154 cm³/mol. The second kappa shape index (κ2) is 12.6.